The lowest BCUT2D eigenvalue weighted by molar-refractivity contribution is 0.0104. The van der Waals surface area contributed by atoms with Crippen LogP contribution in [-0.2, 0) is 17.1 Å². The molecule has 0 N–H and O–H groups in total. The molecule has 0 aliphatic rings. The van der Waals surface area contributed by atoms with Crippen molar-refractivity contribution in [3.8, 4) is 11.3 Å². The molecule has 1 aromatic carbocycles. The van der Waals surface area contributed by atoms with Gasteiger partial charge < -0.3 is 4.74 Å². The number of carbonyl (C=O) groups excluding carboxylic acids is 1. The molecule has 0 saturated carbocycles. The van der Waals surface area contributed by atoms with Crippen LogP contribution in [0.15, 0.2) is 36.5 Å². The first-order valence-electron chi connectivity index (χ1n) is 8.38. The SMILES string of the molecule is CCOC(=O)c1cnn2c(C(C)(F)F)cc(-c3ccc(CC)cc3)nc12. The molecule has 0 bridgehead atoms. The van der Waals surface area contributed by atoms with Gasteiger partial charge >= 0.3 is 5.97 Å². The number of benzene rings is 1. The first-order chi connectivity index (χ1) is 12.3. The molecule has 26 heavy (non-hydrogen) atoms. The van der Waals surface area contributed by atoms with Crippen molar-refractivity contribution in [3.05, 3.63) is 53.3 Å². The fraction of sp³-hybridized carbons (Fsp3) is 0.316. The summed E-state index contributed by atoms with van der Waals surface area (Å²) in [6.45, 7) is 4.67. The molecule has 136 valence electrons. The third kappa shape index (κ3) is 3.29. The number of aromatic nitrogens is 3. The number of carbonyl (C=O) groups is 1. The van der Waals surface area contributed by atoms with Gasteiger partial charge in [0.1, 0.15) is 11.3 Å². The standard InChI is InChI=1S/C19H19F2N3O2/c1-4-12-6-8-13(9-7-12)15-10-16(19(3,20)21)24-17(23-15)14(11-22-24)18(25)26-5-2/h6-11H,4-5H2,1-3H3. The summed E-state index contributed by atoms with van der Waals surface area (Å²) in [5.74, 6) is -3.80. The maximum absolute atomic E-state index is 14.2. The van der Waals surface area contributed by atoms with Gasteiger partial charge in [0.05, 0.1) is 18.5 Å². The molecule has 0 fully saturated rings. The van der Waals surface area contributed by atoms with Crippen LogP contribution in [0, 0.1) is 0 Å². The quantitative estimate of drug-likeness (QED) is 0.639. The fourth-order valence-corrected chi connectivity index (χ4v) is 2.69. The molecule has 0 aliphatic heterocycles. The Bertz CT molecular complexity index is 944. The Kier molecular flexibility index (Phi) is 4.71. The summed E-state index contributed by atoms with van der Waals surface area (Å²) in [7, 11) is 0. The van der Waals surface area contributed by atoms with E-state index in [4.69, 9.17) is 4.74 Å². The number of rotatable bonds is 5. The van der Waals surface area contributed by atoms with E-state index in [-0.39, 0.29) is 23.5 Å². The minimum Gasteiger partial charge on any atom is -0.462 e. The lowest BCUT2D eigenvalue weighted by atomic mass is 10.1. The number of halogens is 2. The molecule has 3 rings (SSSR count). The molecule has 0 aliphatic carbocycles. The van der Waals surface area contributed by atoms with Gasteiger partial charge in [-0.05, 0) is 25.0 Å². The third-order valence-electron chi connectivity index (χ3n) is 4.07. The maximum atomic E-state index is 14.2. The van der Waals surface area contributed by atoms with E-state index in [1.54, 1.807) is 6.92 Å². The van der Waals surface area contributed by atoms with Gasteiger partial charge in [-0.2, -0.15) is 13.9 Å². The molecule has 7 heteroatoms. The van der Waals surface area contributed by atoms with Crippen molar-refractivity contribution >= 4 is 11.6 Å². The Labute approximate surface area is 149 Å². The van der Waals surface area contributed by atoms with Gasteiger partial charge in [0.15, 0.2) is 5.65 Å². The summed E-state index contributed by atoms with van der Waals surface area (Å²) >= 11 is 0. The van der Waals surface area contributed by atoms with E-state index in [0.717, 1.165) is 23.4 Å². The second kappa shape index (κ2) is 6.82. The summed E-state index contributed by atoms with van der Waals surface area (Å²) in [4.78, 5) is 16.5. The molecule has 2 heterocycles. The highest BCUT2D eigenvalue weighted by Crippen LogP contribution is 2.31. The van der Waals surface area contributed by atoms with Crippen LogP contribution in [0.2, 0.25) is 0 Å². The maximum Gasteiger partial charge on any atom is 0.343 e. The van der Waals surface area contributed by atoms with Crippen LogP contribution in [0.25, 0.3) is 16.9 Å². The molecule has 0 saturated heterocycles. The van der Waals surface area contributed by atoms with E-state index >= 15 is 0 Å². The number of nitrogens with zero attached hydrogens (tertiary/aromatic N) is 3. The fourth-order valence-electron chi connectivity index (χ4n) is 2.69. The van der Waals surface area contributed by atoms with Crippen LogP contribution >= 0.6 is 0 Å². The third-order valence-corrected chi connectivity index (χ3v) is 4.07. The summed E-state index contributed by atoms with van der Waals surface area (Å²) in [6.07, 6.45) is 2.08. The molecule has 0 spiro atoms. The number of aryl methyl sites for hydroxylation is 1. The van der Waals surface area contributed by atoms with Crippen molar-refractivity contribution in [2.24, 2.45) is 0 Å². The van der Waals surface area contributed by atoms with Gasteiger partial charge in [-0.25, -0.2) is 14.3 Å². The summed E-state index contributed by atoms with van der Waals surface area (Å²) in [5.41, 5.74) is 1.94. The lowest BCUT2D eigenvalue weighted by Crippen LogP contribution is -2.15. The average molecular weight is 359 g/mol. The van der Waals surface area contributed by atoms with Crippen molar-refractivity contribution in [3.63, 3.8) is 0 Å². The van der Waals surface area contributed by atoms with Gasteiger partial charge in [-0.1, -0.05) is 31.2 Å². The summed E-state index contributed by atoms with van der Waals surface area (Å²) in [5, 5.41) is 3.92. The number of ether oxygens (including phenoxy) is 1. The van der Waals surface area contributed by atoms with E-state index < -0.39 is 11.9 Å². The predicted molar refractivity (Wildman–Crippen MR) is 93.3 cm³/mol. The Morgan fingerprint density at radius 3 is 2.50 bits per heavy atom. The van der Waals surface area contributed by atoms with E-state index in [0.29, 0.717) is 11.3 Å². The normalized spacial score (nSPS) is 11.7. The van der Waals surface area contributed by atoms with Crippen LogP contribution in [0.5, 0.6) is 0 Å². The number of esters is 1. The Hall–Kier alpha value is -2.83. The Morgan fingerprint density at radius 2 is 1.92 bits per heavy atom. The van der Waals surface area contributed by atoms with Gasteiger partial charge in [0.2, 0.25) is 0 Å². The van der Waals surface area contributed by atoms with E-state index in [1.807, 2.05) is 31.2 Å². The number of fused-ring (bicyclic) bond motifs is 1. The Morgan fingerprint density at radius 1 is 1.23 bits per heavy atom. The molecule has 0 amide bonds. The average Bonchev–Trinajstić information content (AvgIpc) is 3.04. The second-order valence-electron chi connectivity index (χ2n) is 5.98. The summed E-state index contributed by atoms with van der Waals surface area (Å²) < 4.78 is 34.3. The largest absolute Gasteiger partial charge is 0.462 e. The molecule has 2 aromatic heterocycles. The first kappa shape index (κ1) is 18.0. The zero-order chi connectivity index (χ0) is 18.9. The predicted octanol–water partition coefficient (Wildman–Crippen LogP) is 4.25. The monoisotopic (exact) mass is 359 g/mol. The van der Waals surface area contributed by atoms with Crippen molar-refractivity contribution in [2.45, 2.75) is 33.1 Å². The molecule has 3 aromatic rings. The van der Waals surface area contributed by atoms with Gasteiger partial charge in [-0.3, -0.25) is 0 Å². The van der Waals surface area contributed by atoms with Crippen LogP contribution in [0.4, 0.5) is 8.78 Å². The van der Waals surface area contributed by atoms with E-state index in [1.165, 1.54) is 12.3 Å². The molecular formula is C19H19F2N3O2. The Balaban J connectivity index is 2.23. The van der Waals surface area contributed by atoms with Crippen molar-refractivity contribution in [1.82, 2.24) is 14.6 Å². The van der Waals surface area contributed by atoms with E-state index in [2.05, 4.69) is 10.1 Å². The topological polar surface area (TPSA) is 56.5 Å². The molecule has 0 unspecified atom stereocenters. The smallest absolute Gasteiger partial charge is 0.343 e. The number of hydrogen-bond acceptors (Lipinski definition) is 4. The van der Waals surface area contributed by atoms with Crippen LogP contribution in [-0.4, -0.2) is 27.2 Å². The number of hydrogen-bond donors (Lipinski definition) is 0. The van der Waals surface area contributed by atoms with Gasteiger partial charge in [0.25, 0.3) is 5.92 Å². The molecule has 0 radical (unpaired) electrons. The van der Waals surface area contributed by atoms with E-state index in [9.17, 15) is 13.6 Å². The molecule has 5 nitrogen and oxygen atoms in total. The van der Waals surface area contributed by atoms with Crippen molar-refractivity contribution in [2.75, 3.05) is 6.61 Å². The van der Waals surface area contributed by atoms with Crippen LogP contribution in [0.3, 0.4) is 0 Å². The minimum atomic E-state index is -3.16. The van der Waals surface area contributed by atoms with Crippen molar-refractivity contribution < 1.29 is 18.3 Å². The summed E-state index contributed by atoms with van der Waals surface area (Å²) in [6, 6.07) is 8.81. The first-order valence-corrected chi connectivity index (χ1v) is 8.38. The highest BCUT2D eigenvalue weighted by Gasteiger charge is 2.31. The van der Waals surface area contributed by atoms with Gasteiger partial charge in [0, 0.05) is 12.5 Å². The van der Waals surface area contributed by atoms with Crippen molar-refractivity contribution in [1.29, 1.82) is 0 Å². The van der Waals surface area contributed by atoms with Crippen LogP contribution in [0.1, 0.15) is 42.4 Å². The van der Waals surface area contributed by atoms with Gasteiger partial charge in [-0.15, -0.1) is 0 Å². The second-order valence-corrected chi connectivity index (χ2v) is 5.98. The zero-order valence-corrected chi connectivity index (χ0v) is 14.8. The minimum absolute atomic E-state index is 0.0528. The lowest BCUT2D eigenvalue weighted by Gasteiger charge is -2.14. The van der Waals surface area contributed by atoms with Crippen LogP contribution < -0.4 is 0 Å². The molecule has 0 atom stereocenters. The highest BCUT2D eigenvalue weighted by atomic mass is 19.3. The zero-order valence-electron chi connectivity index (χ0n) is 14.8. The number of alkyl halides is 2. The highest BCUT2D eigenvalue weighted by molar-refractivity contribution is 5.96. The molecular weight excluding hydrogens is 340 g/mol.